The van der Waals surface area contributed by atoms with Gasteiger partial charge in [-0.2, -0.15) is 0 Å². The maximum atomic E-state index is 12.2. The third kappa shape index (κ3) is 1.99. The summed E-state index contributed by atoms with van der Waals surface area (Å²) in [4.78, 5) is 24.3. The predicted molar refractivity (Wildman–Crippen MR) is 70.2 cm³/mol. The summed E-state index contributed by atoms with van der Waals surface area (Å²) in [6, 6.07) is 0. The van der Waals surface area contributed by atoms with Crippen molar-refractivity contribution in [3.05, 3.63) is 23.3 Å². The zero-order chi connectivity index (χ0) is 14.2. The molecule has 0 aromatic carbocycles. The van der Waals surface area contributed by atoms with E-state index in [1.807, 2.05) is 13.0 Å². The van der Waals surface area contributed by atoms with Crippen molar-refractivity contribution in [3.8, 4) is 0 Å². The van der Waals surface area contributed by atoms with Gasteiger partial charge in [-0.05, 0) is 37.2 Å². The van der Waals surface area contributed by atoms with E-state index in [1.54, 1.807) is 0 Å². The Morgan fingerprint density at radius 3 is 2.32 bits per heavy atom. The van der Waals surface area contributed by atoms with Gasteiger partial charge < -0.3 is 9.47 Å². The van der Waals surface area contributed by atoms with Crippen molar-refractivity contribution in [2.45, 2.75) is 26.7 Å². The molecule has 2 atom stereocenters. The van der Waals surface area contributed by atoms with Crippen molar-refractivity contribution < 1.29 is 19.1 Å². The van der Waals surface area contributed by atoms with E-state index in [1.165, 1.54) is 19.8 Å². The molecule has 0 saturated carbocycles. The minimum atomic E-state index is -1.19. The SMILES string of the molecule is COC(=O)C1(C(=O)OC)CC=C(C)C2=C[C@H](C)[C@H]2C1. The molecule has 104 valence electrons. The van der Waals surface area contributed by atoms with Crippen LogP contribution in [0.4, 0.5) is 0 Å². The molecule has 2 rings (SSSR count). The van der Waals surface area contributed by atoms with Crippen molar-refractivity contribution in [2.75, 3.05) is 14.2 Å². The molecule has 4 heteroatoms. The lowest BCUT2D eigenvalue weighted by Gasteiger charge is -2.37. The smallest absolute Gasteiger partial charge is 0.323 e. The van der Waals surface area contributed by atoms with Gasteiger partial charge >= 0.3 is 11.9 Å². The molecule has 0 heterocycles. The van der Waals surface area contributed by atoms with Crippen molar-refractivity contribution in [2.24, 2.45) is 17.3 Å². The number of allylic oxidation sites excluding steroid dienone is 4. The van der Waals surface area contributed by atoms with E-state index < -0.39 is 17.4 Å². The number of carbonyl (C=O) groups excluding carboxylic acids is 2. The van der Waals surface area contributed by atoms with Gasteiger partial charge in [0.25, 0.3) is 0 Å². The number of hydrogen-bond donors (Lipinski definition) is 0. The molecule has 0 aromatic rings. The Balaban J connectivity index is 2.43. The molecular formula is C15H20O4. The lowest BCUT2D eigenvalue weighted by atomic mass is 9.66. The fraction of sp³-hybridized carbons (Fsp3) is 0.600. The number of rotatable bonds is 2. The Hall–Kier alpha value is -1.58. The molecule has 0 radical (unpaired) electrons. The molecule has 0 aromatic heterocycles. The summed E-state index contributed by atoms with van der Waals surface area (Å²) in [6.07, 6.45) is 4.96. The van der Waals surface area contributed by atoms with E-state index in [9.17, 15) is 9.59 Å². The monoisotopic (exact) mass is 264 g/mol. The molecule has 0 aliphatic heterocycles. The van der Waals surface area contributed by atoms with Gasteiger partial charge in [0, 0.05) is 0 Å². The van der Waals surface area contributed by atoms with Gasteiger partial charge in [-0.1, -0.05) is 24.6 Å². The minimum absolute atomic E-state index is 0.233. The van der Waals surface area contributed by atoms with Crippen LogP contribution in [0.3, 0.4) is 0 Å². The Bertz CT molecular complexity index is 457. The second kappa shape index (κ2) is 4.83. The van der Waals surface area contributed by atoms with Crippen LogP contribution in [0.1, 0.15) is 26.7 Å². The standard InChI is InChI=1S/C15H20O4/c1-9-5-6-15(13(16)18-3,14(17)19-4)8-12-10(2)7-11(9)12/h5,7,10,12H,6,8H2,1-4H3/t10-,12+/m0/s1. The third-order valence-corrected chi connectivity index (χ3v) is 4.41. The molecule has 0 saturated heterocycles. The molecule has 4 nitrogen and oxygen atoms in total. The minimum Gasteiger partial charge on any atom is -0.468 e. The van der Waals surface area contributed by atoms with Crippen molar-refractivity contribution >= 4 is 11.9 Å². The van der Waals surface area contributed by atoms with Gasteiger partial charge in [0.1, 0.15) is 0 Å². The van der Waals surface area contributed by atoms with E-state index in [-0.39, 0.29) is 5.92 Å². The fourth-order valence-corrected chi connectivity index (χ4v) is 3.12. The van der Waals surface area contributed by atoms with Crippen LogP contribution >= 0.6 is 0 Å². The van der Waals surface area contributed by atoms with Gasteiger partial charge in [0.2, 0.25) is 0 Å². The van der Waals surface area contributed by atoms with Crippen LogP contribution in [0.2, 0.25) is 0 Å². The van der Waals surface area contributed by atoms with E-state index in [0.29, 0.717) is 18.8 Å². The van der Waals surface area contributed by atoms with Crippen molar-refractivity contribution in [3.63, 3.8) is 0 Å². The molecule has 0 N–H and O–H groups in total. The van der Waals surface area contributed by atoms with E-state index >= 15 is 0 Å². The van der Waals surface area contributed by atoms with Crippen LogP contribution in [0.5, 0.6) is 0 Å². The van der Waals surface area contributed by atoms with Gasteiger partial charge in [-0.15, -0.1) is 0 Å². The molecule has 2 aliphatic carbocycles. The number of carbonyl (C=O) groups is 2. The quantitative estimate of drug-likeness (QED) is 0.567. The molecule has 0 spiro atoms. The molecule has 0 bridgehead atoms. The molecule has 0 unspecified atom stereocenters. The fourth-order valence-electron chi connectivity index (χ4n) is 3.12. The summed E-state index contributed by atoms with van der Waals surface area (Å²) in [7, 11) is 2.63. The van der Waals surface area contributed by atoms with Crippen LogP contribution in [0.25, 0.3) is 0 Å². The highest BCUT2D eigenvalue weighted by atomic mass is 16.5. The Kier molecular flexibility index (Phi) is 3.52. The first-order chi connectivity index (χ1) is 8.96. The highest BCUT2D eigenvalue weighted by Crippen LogP contribution is 2.49. The summed E-state index contributed by atoms with van der Waals surface area (Å²) in [5.74, 6) is -0.380. The lowest BCUT2D eigenvalue weighted by Crippen LogP contribution is -2.43. The predicted octanol–water partition coefficient (Wildman–Crippen LogP) is 2.25. The molecule has 0 fully saturated rings. The van der Waals surface area contributed by atoms with Crippen LogP contribution in [-0.2, 0) is 19.1 Å². The lowest BCUT2D eigenvalue weighted by molar-refractivity contribution is -0.170. The van der Waals surface area contributed by atoms with Gasteiger partial charge in [0.05, 0.1) is 14.2 Å². The van der Waals surface area contributed by atoms with E-state index in [4.69, 9.17) is 9.47 Å². The number of methoxy groups -OCH3 is 2. The maximum absolute atomic E-state index is 12.2. The van der Waals surface area contributed by atoms with E-state index in [2.05, 4.69) is 13.0 Å². The topological polar surface area (TPSA) is 52.6 Å². The second-order valence-electron chi connectivity index (χ2n) is 5.45. The first-order valence-electron chi connectivity index (χ1n) is 6.52. The largest absolute Gasteiger partial charge is 0.468 e. The van der Waals surface area contributed by atoms with Crippen LogP contribution < -0.4 is 0 Å². The highest BCUT2D eigenvalue weighted by Gasteiger charge is 2.52. The molecular weight excluding hydrogens is 244 g/mol. The van der Waals surface area contributed by atoms with Crippen LogP contribution in [-0.4, -0.2) is 26.2 Å². The summed E-state index contributed by atoms with van der Waals surface area (Å²) in [6.45, 7) is 4.13. The van der Waals surface area contributed by atoms with Gasteiger partial charge in [-0.3, -0.25) is 9.59 Å². The zero-order valence-electron chi connectivity index (χ0n) is 11.9. The summed E-state index contributed by atoms with van der Waals surface area (Å²) >= 11 is 0. The number of fused-ring (bicyclic) bond motifs is 1. The Morgan fingerprint density at radius 1 is 1.26 bits per heavy atom. The normalized spacial score (nSPS) is 28.0. The third-order valence-electron chi connectivity index (χ3n) is 4.41. The van der Waals surface area contributed by atoms with E-state index in [0.717, 1.165) is 5.57 Å². The summed E-state index contributed by atoms with van der Waals surface area (Å²) in [5.41, 5.74) is 1.21. The van der Waals surface area contributed by atoms with Crippen molar-refractivity contribution in [1.82, 2.24) is 0 Å². The average molecular weight is 264 g/mol. The highest BCUT2D eigenvalue weighted by molar-refractivity contribution is 6.00. The second-order valence-corrected chi connectivity index (χ2v) is 5.45. The molecule has 19 heavy (non-hydrogen) atoms. The van der Waals surface area contributed by atoms with Crippen LogP contribution in [0, 0.1) is 17.3 Å². The summed E-state index contributed by atoms with van der Waals surface area (Å²) in [5, 5.41) is 0. The maximum Gasteiger partial charge on any atom is 0.323 e. The van der Waals surface area contributed by atoms with Gasteiger partial charge in [-0.25, -0.2) is 0 Å². The Morgan fingerprint density at radius 2 is 1.84 bits per heavy atom. The summed E-state index contributed by atoms with van der Waals surface area (Å²) < 4.78 is 9.72. The average Bonchev–Trinajstić information content (AvgIpc) is 2.53. The first-order valence-corrected chi connectivity index (χ1v) is 6.52. The van der Waals surface area contributed by atoms with Crippen LogP contribution in [0.15, 0.2) is 23.3 Å². The first kappa shape index (κ1) is 13.8. The number of ether oxygens (including phenoxy) is 2. The number of hydrogen-bond acceptors (Lipinski definition) is 4. The molecule has 0 amide bonds. The zero-order valence-corrected chi connectivity index (χ0v) is 11.9. The number of esters is 2. The molecule has 2 aliphatic rings. The van der Waals surface area contributed by atoms with Crippen molar-refractivity contribution in [1.29, 1.82) is 0 Å². The van der Waals surface area contributed by atoms with Gasteiger partial charge in [0.15, 0.2) is 5.41 Å². The Labute approximate surface area is 113 Å².